The van der Waals surface area contributed by atoms with Gasteiger partial charge in [-0.15, -0.1) is 0 Å². The normalized spacial score (nSPS) is 10.3. The summed E-state index contributed by atoms with van der Waals surface area (Å²) in [6.45, 7) is 1.60. The van der Waals surface area contributed by atoms with Gasteiger partial charge in [0.25, 0.3) is 0 Å². The van der Waals surface area contributed by atoms with Gasteiger partial charge >= 0.3 is 12.0 Å². The van der Waals surface area contributed by atoms with E-state index in [1.807, 2.05) is 6.07 Å². The molecule has 0 atom stereocenters. The first-order valence-electron chi connectivity index (χ1n) is 11.8. The third-order valence-corrected chi connectivity index (χ3v) is 6.31. The van der Waals surface area contributed by atoms with Crippen LogP contribution in [-0.2, 0) is 14.3 Å². The maximum atomic E-state index is 13.1. The number of carbonyl (C=O) groups is 4. The molecule has 3 aromatic rings. The van der Waals surface area contributed by atoms with Gasteiger partial charge in [0.05, 0.1) is 44.2 Å². The average Bonchev–Trinajstić information content (AvgIpc) is 2.94. The van der Waals surface area contributed by atoms with Gasteiger partial charge in [-0.05, 0) is 64.5 Å². The second-order valence-electron chi connectivity index (χ2n) is 8.08. The first kappa shape index (κ1) is 29.2. The van der Waals surface area contributed by atoms with Crippen molar-refractivity contribution >= 4 is 57.2 Å². The van der Waals surface area contributed by atoms with Crippen LogP contribution in [0.3, 0.4) is 0 Å². The predicted octanol–water partition coefficient (Wildman–Crippen LogP) is 4.91. The Morgan fingerprint density at radius 3 is 2.31 bits per heavy atom. The summed E-state index contributed by atoms with van der Waals surface area (Å²) in [6.07, 6.45) is 0.615. The molecule has 0 saturated heterocycles. The van der Waals surface area contributed by atoms with Crippen molar-refractivity contribution in [2.45, 2.75) is 6.92 Å². The monoisotopic (exact) mass is 597 g/mol. The summed E-state index contributed by atoms with van der Waals surface area (Å²) in [6, 6.07) is 17.9. The lowest BCUT2D eigenvalue weighted by Crippen LogP contribution is -2.37. The Balaban J connectivity index is 1.76. The number of hydrogen-bond acceptors (Lipinski definition) is 7. The molecule has 0 radical (unpaired) electrons. The molecule has 3 aromatic carbocycles. The van der Waals surface area contributed by atoms with E-state index in [0.29, 0.717) is 44.9 Å². The molecule has 1 N–H and O–H groups in total. The molecule has 0 unspecified atom stereocenters. The third kappa shape index (κ3) is 7.57. The van der Waals surface area contributed by atoms with Crippen molar-refractivity contribution in [2.24, 2.45) is 0 Å². The minimum Gasteiger partial charge on any atom is -0.494 e. The van der Waals surface area contributed by atoms with E-state index in [1.54, 1.807) is 60.7 Å². The predicted molar refractivity (Wildman–Crippen MR) is 151 cm³/mol. The topological polar surface area (TPSA) is 114 Å². The van der Waals surface area contributed by atoms with Crippen LogP contribution in [0.1, 0.15) is 17.3 Å². The van der Waals surface area contributed by atoms with Gasteiger partial charge in [-0.3, -0.25) is 9.69 Å². The Morgan fingerprint density at radius 1 is 0.974 bits per heavy atom. The lowest BCUT2D eigenvalue weighted by atomic mass is 10.2. The highest BCUT2D eigenvalue weighted by molar-refractivity contribution is 9.10. The van der Waals surface area contributed by atoms with Crippen LogP contribution >= 0.6 is 15.9 Å². The van der Waals surface area contributed by atoms with Crippen LogP contribution < -0.4 is 24.6 Å². The van der Waals surface area contributed by atoms with E-state index in [1.165, 1.54) is 30.9 Å². The largest absolute Gasteiger partial charge is 0.494 e. The Kier molecular flexibility index (Phi) is 10.4. The van der Waals surface area contributed by atoms with Crippen molar-refractivity contribution < 1.29 is 33.4 Å². The van der Waals surface area contributed by atoms with Crippen molar-refractivity contribution in [2.75, 3.05) is 49.0 Å². The zero-order chi connectivity index (χ0) is 28.4. The number of hydrogen-bond donors (Lipinski definition) is 1. The van der Waals surface area contributed by atoms with Gasteiger partial charge in [-0.25, -0.2) is 9.59 Å². The number of para-hydroxylation sites is 1. The summed E-state index contributed by atoms with van der Waals surface area (Å²) in [5.41, 5.74) is 1.81. The number of halogens is 1. The number of rotatable bonds is 11. The number of benzene rings is 3. The number of methoxy groups -OCH3 is 2. The van der Waals surface area contributed by atoms with Crippen LogP contribution in [0.15, 0.2) is 71.2 Å². The lowest BCUT2D eigenvalue weighted by Gasteiger charge is -2.26. The van der Waals surface area contributed by atoms with Crippen molar-refractivity contribution in [3.63, 3.8) is 0 Å². The summed E-state index contributed by atoms with van der Waals surface area (Å²) in [7, 11) is 2.75. The van der Waals surface area contributed by atoms with Gasteiger partial charge in [-0.1, -0.05) is 12.1 Å². The van der Waals surface area contributed by atoms with E-state index in [9.17, 15) is 19.2 Å². The highest BCUT2D eigenvalue weighted by Crippen LogP contribution is 2.33. The molecule has 0 aliphatic carbocycles. The molecule has 0 bridgehead atoms. The first-order valence-corrected chi connectivity index (χ1v) is 12.6. The minimum atomic E-state index is -0.532. The number of ether oxygens (including phenoxy) is 3. The molecule has 0 aliphatic heterocycles. The van der Waals surface area contributed by atoms with Gasteiger partial charge in [0.1, 0.15) is 24.4 Å². The van der Waals surface area contributed by atoms with Crippen LogP contribution in [0.5, 0.6) is 11.5 Å². The van der Waals surface area contributed by atoms with Crippen LogP contribution in [0.25, 0.3) is 0 Å². The fourth-order valence-corrected chi connectivity index (χ4v) is 4.08. The number of nitrogens with zero attached hydrogens (tertiary/aromatic N) is 2. The molecule has 0 heterocycles. The van der Waals surface area contributed by atoms with E-state index in [2.05, 4.69) is 26.0 Å². The quantitative estimate of drug-likeness (QED) is 0.246. The smallest absolute Gasteiger partial charge is 0.337 e. The van der Waals surface area contributed by atoms with Gasteiger partial charge in [0, 0.05) is 23.2 Å². The third-order valence-electron chi connectivity index (χ3n) is 5.62. The molecule has 10 nitrogen and oxygen atoms in total. The highest BCUT2D eigenvalue weighted by atomic mass is 79.9. The van der Waals surface area contributed by atoms with Crippen LogP contribution in [0.4, 0.5) is 21.9 Å². The molecular weight excluding hydrogens is 570 g/mol. The van der Waals surface area contributed by atoms with Crippen LogP contribution in [-0.4, -0.2) is 58.1 Å². The number of carbonyl (C=O) groups excluding carboxylic acids is 4. The van der Waals surface area contributed by atoms with E-state index < -0.39 is 12.0 Å². The second-order valence-corrected chi connectivity index (χ2v) is 8.93. The molecular formula is C28H28BrN3O7. The number of anilines is 3. The summed E-state index contributed by atoms with van der Waals surface area (Å²) < 4.78 is 16.6. The van der Waals surface area contributed by atoms with Gasteiger partial charge < -0.3 is 29.2 Å². The van der Waals surface area contributed by atoms with E-state index >= 15 is 0 Å². The molecule has 0 aromatic heterocycles. The van der Waals surface area contributed by atoms with Crippen molar-refractivity contribution in [3.05, 3.63) is 76.8 Å². The standard InChI is InChI=1S/C28H28BrN3O7/c1-19(34)31(15-17-39-22-11-8-20(9-12-22)27(35)38-3)21-10-13-25(26(18-21)37-2)32(14-16-33)28(36)30-24-7-5-4-6-23(24)29/h4-13,16,18H,14-15,17H2,1-3H3,(H,30,36). The lowest BCUT2D eigenvalue weighted by molar-refractivity contribution is -0.116. The molecule has 39 heavy (non-hydrogen) atoms. The molecule has 0 spiro atoms. The fraction of sp³-hybridized carbons (Fsp3) is 0.214. The number of amides is 3. The van der Waals surface area contributed by atoms with Crippen molar-refractivity contribution in [1.29, 1.82) is 0 Å². The minimum absolute atomic E-state index is 0.173. The Hall–Kier alpha value is -4.38. The average molecular weight is 598 g/mol. The maximum absolute atomic E-state index is 13.1. The number of urea groups is 1. The molecule has 0 saturated carbocycles. The Labute approximate surface area is 234 Å². The van der Waals surface area contributed by atoms with E-state index in [4.69, 9.17) is 9.47 Å². The summed E-state index contributed by atoms with van der Waals surface area (Å²) in [5.74, 6) is 0.145. The van der Waals surface area contributed by atoms with Gasteiger partial charge in [0.2, 0.25) is 5.91 Å². The maximum Gasteiger partial charge on any atom is 0.337 e. The van der Waals surface area contributed by atoms with Gasteiger partial charge in [-0.2, -0.15) is 0 Å². The van der Waals surface area contributed by atoms with Crippen molar-refractivity contribution in [1.82, 2.24) is 0 Å². The molecule has 0 fully saturated rings. The number of aldehydes is 1. The van der Waals surface area contributed by atoms with Crippen LogP contribution in [0.2, 0.25) is 0 Å². The highest BCUT2D eigenvalue weighted by Gasteiger charge is 2.22. The van der Waals surface area contributed by atoms with E-state index in [0.717, 1.165) is 0 Å². The Bertz CT molecular complexity index is 1330. The summed E-state index contributed by atoms with van der Waals surface area (Å²) in [4.78, 5) is 51.3. The fourth-order valence-electron chi connectivity index (χ4n) is 3.70. The zero-order valence-corrected chi connectivity index (χ0v) is 23.3. The Morgan fingerprint density at radius 2 is 1.69 bits per heavy atom. The number of esters is 1. The molecule has 3 rings (SSSR count). The molecule has 11 heteroatoms. The van der Waals surface area contributed by atoms with E-state index in [-0.39, 0.29) is 25.6 Å². The molecule has 3 amide bonds. The summed E-state index contributed by atoms with van der Waals surface area (Å²) in [5, 5.41) is 2.78. The number of nitrogens with one attached hydrogen (secondary N) is 1. The zero-order valence-electron chi connectivity index (χ0n) is 21.7. The first-order chi connectivity index (χ1) is 18.8. The van der Waals surface area contributed by atoms with Crippen molar-refractivity contribution in [3.8, 4) is 11.5 Å². The SMILES string of the molecule is COC(=O)c1ccc(OCCN(C(C)=O)c2ccc(N(CC=O)C(=O)Nc3ccccc3Br)c(OC)c2)cc1. The molecule has 204 valence electrons. The second kappa shape index (κ2) is 14.0. The van der Waals surface area contributed by atoms with Gasteiger partial charge in [0.15, 0.2) is 0 Å². The molecule has 0 aliphatic rings. The summed E-state index contributed by atoms with van der Waals surface area (Å²) >= 11 is 3.39. The van der Waals surface area contributed by atoms with Crippen LogP contribution in [0, 0.1) is 0 Å².